The van der Waals surface area contributed by atoms with E-state index in [0.717, 1.165) is 18.2 Å². The fraction of sp³-hybridized carbons (Fsp3) is 0.125. The number of rotatable bonds is 5. The Balaban J connectivity index is 2.27. The van der Waals surface area contributed by atoms with Crippen LogP contribution >= 0.6 is 11.6 Å². The molecule has 0 aliphatic heterocycles. The average Bonchev–Trinajstić information content (AvgIpc) is 3.05. The third-order valence-electron chi connectivity index (χ3n) is 3.85. The van der Waals surface area contributed by atoms with Gasteiger partial charge in [-0.2, -0.15) is 21.6 Å². The van der Waals surface area contributed by atoms with Crippen LogP contribution in [0, 0.1) is 0 Å². The summed E-state index contributed by atoms with van der Waals surface area (Å²) in [5.74, 6) is -1.00. The highest BCUT2D eigenvalue weighted by Crippen LogP contribution is 2.40. The molecule has 0 aliphatic rings. The molecule has 3 aromatic rings. The second kappa shape index (κ2) is 7.39. The predicted octanol–water partition coefficient (Wildman–Crippen LogP) is 4.70. The van der Waals surface area contributed by atoms with Crippen molar-refractivity contribution in [2.75, 3.05) is 0 Å². The summed E-state index contributed by atoms with van der Waals surface area (Å²) in [5, 5.41) is -1.23. The number of hydrogen-bond acceptors (Lipinski definition) is 5. The van der Waals surface area contributed by atoms with Crippen LogP contribution in [0.5, 0.6) is 5.75 Å². The van der Waals surface area contributed by atoms with E-state index in [1.165, 1.54) is 18.2 Å². The quantitative estimate of drug-likeness (QED) is 0.295. The van der Waals surface area contributed by atoms with Crippen molar-refractivity contribution in [1.82, 2.24) is 3.97 Å². The monoisotopic (exact) mass is 489 g/mol. The topological polar surface area (TPSA) is 82.4 Å². The number of aromatic nitrogens is 1. The highest BCUT2D eigenvalue weighted by atomic mass is 35.5. The molecular weight excluding hydrogens is 481 g/mol. The maximum Gasteiger partial charge on any atom is 0.534 e. The Morgan fingerprint density at radius 1 is 0.967 bits per heavy atom. The highest BCUT2D eigenvalue weighted by molar-refractivity contribution is 7.90. The number of alkyl halides is 5. The standard InChI is InChI=1S/C16H9ClF5NO5S2/c17-14-10-8-12(15(18)19)23(29(24,25)9-4-2-1-3-5-9)11(10)6-7-13(14)28-30(26,27)16(20,21)22/h1-8,15H. The summed E-state index contributed by atoms with van der Waals surface area (Å²) in [5.41, 5.74) is -7.19. The van der Waals surface area contributed by atoms with Crippen LogP contribution < -0.4 is 4.18 Å². The predicted molar refractivity (Wildman–Crippen MR) is 96.5 cm³/mol. The van der Waals surface area contributed by atoms with Crippen LogP contribution in [0.3, 0.4) is 0 Å². The van der Waals surface area contributed by atoms with Gasteiger partial charge in [0.1, 0.15) is 5.69 Å². The van der Waals surface area contributed by atoms with Crippen molar-refractivity contribution in [3.05, 3.63) is 59.2 Å². The zero-order valence-corrected chi connectivity index (χ0v) is 16.7. The first-order valence-electron chi connectivity index (χ1n) is 7.71. The van der Waals surface area contributed by atoms with Crippen LogP contribution in [0.15, 0.2) is 53.4 Å². The van der Waals surface area contributed by atoms with E-state index in [2.05, 4.69) is 4.18 Å². The van der Waals surface area contributed by atoms with Crippen LogP contribution in [0.25, 0.3) is 10.9 Å². The van der Waals surface area contributed by atoms with Crippen LogP contribution in [0.4, 0.5) is 22.0 Å². The van der Waals surface area contributed by atoms with Crippen molar-refractivity contribution >= 4 is 42.6 Å². The van der Waals surface area contributed by atoms with E-state index in [-0.39, 0.29) is 8.87 Å². The van der Waals surface area contributed by atoms with Gasteiger partial charge in [-0.15, -0.1) is 0 Å². The van der Waals surface area contributed by atoms with Crippen molar-refractivity contribution in [3.8, 4) is 5.75 Å². The Morgan fingerprint density at radius 3 is 2.10 bits per heavy atom. The van der Waals surface area contributed by atoms with Crippen LogP contribution in [-0.4, -0.2) is 26.3 Å². The molecule has 0 N–H and O–H groups in total. The third-order valence-corrected chi connectivity index (χ3v) is 6.97. The van der Waals surface area contributed by atoms with E-state index >= 15 is 0 Å². The molecule has 0 amide bonds. The lowest BCUT2D eigenvalue weighted by Gasteiger charge is -2.13. The molecule has 1 aromatic heterocycles. The molecule has 3 rings (SSSR count). The van der Waals surface area contributed by atoms with Gasteiger partial charge in [0.25, 0.3) is 16.4 Å². The van der Waals surface area contributed by atoms with E-state index in [4.69, 9.17) is 11.6 Å². The normalized spacial score (nSPS) is 13.2. The fourth-order valence-electron chi connectivity index (χ4n) is 2.57. The maximum atomic E-state index is 13.6. The van der Waals surface area contributed by atoms with Gasteiger partial charge in [-0.05, 0) is 30.3 Å². The first-order valence-corrected chi connectivity index (χ1v) is 10.9. The van der Waals surface area contributed by atoms with E-state index in [0.29, 0.717) is 12.1 Å². The summed E-state index contributed by atoms with van der Waals surface area (Å²) in [6, 6.07) is 8.63. The smallest absolute Gasteiger partial charge is 0.374 e. The second-order valence-electron chi connectivity index (χ2n) is 5.75. The molecule has 0 bridgehead atoms. The average molecular weight is 490 g/mol. The summed E-state index contributed by atoms with van der Waals surface area (Å²) in [7, 11) is -10.6. The van der Waals surface area contributed by atoms with Gasteiger partial charge < -0.3 is 4.18 Å². The number of nitrogens with zero attached hydrogens (tertiary/aromatic N) is 1. The second-order valence-corrected chi connectivity index (χ2v) is 9.45. The largest absolute Gasteiger partial charge is 0.534 e. The molecule has 0 radical (unpaired) electrons. The molecule has 0 saturated heterocycles. The Hall–Kier alpha value is -2.38. The molecule has 0 saturated carbocycles. The van der Waals surface area contributed by atoms with Crippen molar-refractivity contribution in [1.29, 1.82) is 0 Å². The van der Waals surface area contributed by atoms with E-state index in [9.17, 15) is 38.8 Å². The first-order chi connectivity index (χ1) is 13.8. The zero-order valence-electron chi connectivity index (χ0n) is 14.3. The van der Waals surface area contributed by atoms with Gasteiger partial charge in [-0.1, -0.05) is 29.8 Å². The highest BCUT2D eigenvalue weighted by Gasteiger charge is 2.49. The van der Waals surface area contributed by atoms with Crippen molar-refractivity contribution in [2.45, 2.75) is 16.8 Å². The first kappa shape index (κ1) is 22.3. The van der Waals surface area contributed by atoms with E-state index < -0.39 is 59.4 Å². The van der Waals surface area contributed by atoms with E-state index in [1.807, 2.05) is 0 Å². The molecular formula is C16H9ClF5NO5S2. The zero-order chi connectivity index (χ0) is 22.5. The molecule has 6 nitrogen and oxygen atoms in total. The summed E-state index contributed by atoms with van der Waals surface area (Å²) in [4.78, 5) is -0.333. The van der Waals surface area contributed by atoms with Crippen LogP contribution in [0.1, 0.15) is 12.1 Å². The molecule has 1 heterocycles. The minimum Gasteiger partial charge on any atom is -0.374 e. The molecule has 0 atom stereocenters. The summed E-state index contributed by atoms with van der Waals surface area (Å²) < 4.78 is 117. The Bertz CT molecular complexity index is 1320. The van der Waals surface area contributed by atoms with Gasteiger partial charge in [0.2, 0.25) is 0 Å². The van der Waals surface area contributed by atoms with Gasteiger partial charge >= 0.3 is 15.6 Å². The number of benzene rings is 2. The van der Waals surface area contributed by atoms with Crippen molar-refractivity contribution in [2.24, 2.45) is 0 Å². The van der Waals surface area contributed by atoms with Gasteiger partial charge in [0.05, 0.1) is 15.4 Å². The summed E-state index contributed by atoms with van der Waals surface area (Å²) >= 11 is 5.87. The third kappa shape index (κ3) is 3.72. The molecule has 0 spiro atoms. The SMILES string of the molecule is O=S(=O)(c1ccccc1)n1c(C(F)F)cc2c(Cl)c(OS(=O)(=O)C(F)(F)F)ccc21. The Morgan fingerprint density at radius 2 is 1.57 bits per heavy atom. The van der Waals surface area contributed by atoms with Gasteiger partial charge in [0.15, 0.2) is 5.75 Å². The lowest BCUT2D eigenvalue weighted by molar-refractivity contribution is -0.0500. The molecule has 0 unspecified atom stereocenters. The molecule has 0 aliphatic carbocycles. The lowest BCUT2D eigenvalue weighted by atomic mass is 10.2. The van der Waals surface area contributed by atoms with Crippen LogP contribution in [0.2, 0.25) is 5.02 Å². The maximum absolute atomic E-state index is 13.6. The Labute approximate surface area is 171 Å². The minimum absolute atomic E-state index is 0.288. The number of hydrogen-bond donors (Lipinski definition) is 0. The lowest BCUT2D eigenvalue weighted by Crippen LogP contribution is -2.28. The molecule has 162 valence electrons. The molecule has 2 aromatic carbocycles. The van der Waals surface area contributed by atoms with Crippen LogP contribution in [-0.2, 0) is 20.1 Å². The molecule has 14 heteroatoms. The van der Waals surface area contributed by atoms with Crippen molar-refractivity contribution < 1.29 is 43.0 Å². The van der Waals surface area contributed by atoms with Gasteiger partial charge in [-0.3, -0.25) is 0 Å². The fourth-order valence-corrected chi connectivity index (χ4v) is 4.88. The minimum atomic E-state index is -6.09. The number of halogens is 6. The van der Waals surface area contributed by atoms with Crippen molar-refractivity contribution in [3.63, 3.8) is 0 Å². The van der Waals surface area contributed by atoms with E-state index in [1.54, 1.807) is 0 Å². The van der Waals surface area contributed by atoms with Gasteiger partial charge in [-0.25, -0.2) is 21.2 Å². The number of fused-ring (bicyclic) bond motifs is 1. The van der Waals surface area contributed by atoms with Gasteiger partial charge in [0, 0.05) is 5.39 Å². The molecule has 30 heavy (non-hydrogen) atoms. The Kier molecular flexibility index (Phi) is 5.50. The molecule has 0 fully saturated rings. The summed E-state index contributed by atoms with van der Waals surface area (Å²) in [6.45, 7) is 0. The summed E-state index contributed by atoms with van der Waals surface area (Å²) in [6.07, 6.45) is -3.31.